The zero-order chi connectivity index (χ0) is 34.9. The van der Waals surface area contributed by atoms with Crippen molar-refractivity contribution in [3.63, 3.8) is 0 Å². The smallest absolute Gasteiger partial charge is 0.143 e. The van der Waals surface area contributed by atoms with Gasteiger partial charge in [-0.1, -0.05) is 170 Å². The summed E-state index contributed by atoms with van der Waals surface area (Å²) in [4.78, 5) is 0. The number of hydrogen-bond donors (Lipinski definition) is 0. The van der Waals surface area contributed by atoms with Crippen LogP contribution in [-0.4, -0.2) is 0 Å². The summed E-state index contributed by atoms with van der Waals surface area (Å²) in [6, 6.07) is 56.3. The van der Waals surface area contributed by atoms with Crippen molar-refractivity contribution >= 4 is 55.4 Å². The fraction of sp³-hybridized carbons (Fsp3) is 0.0769. The Morgan fingerprint density at radius 2 is 1.04 bits per heavy atom. The van der Waals surface area contributed by atoms with Gasteiger partial charge in [-0.3, -0.25) is 0 Å². The van der Waals surface area contributed by atoms with Crippen LogP contribution in [0.1, 0.15) is 46.8 Å². The fourth-order valence-corrected chi connectivity index (χ4v) is 9.22. The van der Waals surface area contributed by atoms with Gasteiger partial charge in [0.05, 0.1) is 0 Å². The first-order valence-electron chi connectivity index (χ1n) is 18.8. The minimum Gasteiger partial charge on any atom is -0.460 e. The Bertz CT molecular complexity index is 2900. The molecule has 0 saturated carbocycles. The summed E-state index contributed by atoms with van der Waals surface area (Å²) < 4.78 is 6.67. The van der Waals surface area contributed by atoms with E-state index in [9.17, 15) is 0 Å². The second-order valence-corrected chi connectivity index (χ2v) is 14.6. The van der Waals surface area contributed by atoms with E-state index < -0.39 is 0 Å². The molecule has 1 atom stereocenters. The van der Waals surface area contributed by atoms with Gasteiger partial charge in [0.1, 0.15) is 11.3 Å². The summed E-state index contributed by atoms with van der Waals surface area (Å²) in [6.07, 6.45) is 12.1. The van der Waals surface area contributed by atoms with Crippen molar-refractivity contribution in [2.24, 2.45) is 0 Å². The molecule has 2 aliphatic rings. The van der Waals surface area contributed by atoms with Crippen LogP contribution in [0.15, 0.2) is 168 Å². The molecule has 53 heavy (non-hydrogen) atoms. The Hall–Kier alpha value is -6.44. The normalized spacial score (nSPS) is 15.0. The number of rotatable bonds is 4. The van der Waals surface area contributed by atoms with Gasteiger partial charge in [0.25, 0.3) is 0 Å². The standard InChI is InChI=1S/C52H36O/c1-3-15-39-33(12-1)14-11-22-40(39)34-24-26-35(27-25-34)49-43-18-5-7-20-45(43)50(46-21-8-6-19-44(46)49)36-28-30-37(31-29-36)51-41-16-4-2-13-38(41)32-47-42-17-9-10-23-48(42)53-52(47)51/h1-9,11-21,24-32,40H,10,22-23H2. The Labute approximate surface area is 309 Å². The molecule has 0 fully saturated rings. The predicted molar refractivity (Wildman–Crippen MR) is 224 cm³/mol. The second-order valence-electron chi connectivity index (χ2n) is 14.6. The summed E-state index contributed by atoms with van der Waals surface area (Å²) >= 11 is 0. The van der Waals surface area contributed by atoms with Crippen LogP contribution < -0.4 is 0 Å². The largest absolute Gasteiger partial charge is 0.460 e. The van der Waals surface area contributed by atoms with E-state index in [1.807, 2.05) is 0 Å². The van der Waals surface area contributed by atoms with Crippen LogP contribution in [0.25, 0.3) is 88.8 Å². The molecule has 1 aromatic heterocycles. The van der Waals surface area contributed by atoms with Crippen molar-refractivity contribution in [1.82, 2.24) is 0 Å². The molecule has 0 aliphatic heterocycles. The molecule has 8 aromatic carbocycles. The zero-order valence-electron chi connectivity index (χ0n) is 29.4. The van der Waals surface area contributed by atoms with Crippen molar-refractivity contribution in [3.8, 4) is 33.4 Å². The molecule has 11 rings (SSSR count). The van der Waals surface area contributed by atoms with Gasteiger partial charge in [-0.05, 0) is 95.7 Å². The zero-order valence-corrected chi connectivity index (χ0v) is 29.4. The minimum absolute atomic E-state index is 0.379. The third kappa shape index (κ3) is 4.77. The average Bonchev–Trinajstić information content (AvgIpc) is 3.60. The number of allylic oxidation sites excluding steroid dienone is 2. The van der Waals surface area contributed by atoms with E-state index in [0.717, 1.165) is 30.6 Å². The van der Waals surface area contributed by atoms with Crippen molar-refractivity contribution < 1.29 is 4.42 Å². The van der Waals surface area contributed by atoms with E-state index in [1.165, 1.54) is 93.3 Å². The maximum Gasteiger partial charge on any atom is 0.143 e. The molecule has 1 heterocycles. The van der Waals surface area contributed by atoms with Gasteiger partial charge in [0, 0.05) is 28.9 Å². The average molecular weight is 677 g/mol. The molecule has 9 aromatic rings. The maximum atomic E-state index is 6.67. The van der Waals surface area contributed by atoms with Crippen LogP contribution in [-0.2, 0) is 6.42 Å². The molecule has 0 radical (unpaired) electrons. The van der Waals surface area contributed by atoms with Crippen LogP contribution >= 0.6 is 0 Å². The first-order chi connectivity index (χ1) is 26.3. The summed E-state index contributed by atoms with van der Waals surface area (Å²) in [5.41, 5.74) is 13.7. The summed E-state index contributed by atoms with van der Waals surface area (Å²) in [5, 5.41) is 8.74. The highest BCUT2D eigenvalue weighted by Crippen LogP contribution is 2.46. The maximum absolute atomic E-state index is 6.67. The number of furan rings is 1. The lowest BCUT2D eigenvalue weighted by atomic mass is 9.81. The van der Waals surface area contributed by atoms with E-state index >= 15 is 0 Å². The number of aryl methyl sites for hydroxylation is 1. The van der Waals surface area contributed by atoms with Gasteiger partial charge >= 0.3 is 0 Å². The highest BCUT2D eigenvalue weighted by Gasteiger charge is 2.22. The lowest BCUT2D eigenvalue weighted by Crippen LogP contribution is -2.05. The van der Waals surface area contributed by atoms with Gasteiger partial charge in [0.15, 0.2) is 0 Å². The van der Waals surface area contributed by atoms with E-state index in [1.54, 1.807) is 0 Å². The molecule has 1 nitrogen and oxygen atoms in total. The summed E-state index contributed by atoms with van der Waals surface area (Å²) in [6.45, 7) is 0. The Kier molecular flexibility index (Phi) is 6.88. The molecular weight excluding hydrogens is 641 g/mol. The Morgan fingerprint density at radius 3 is 1.72 bits per heavy atom. The lowest BCUT2D eigenvalue weighted by Gasteiger charge is -2.23. The van der Waals surface area contributed by atoms with Gasteiger partial charge < -0.3 is 4.42 Å². The topological polar surface area (TPSA) is 13.1 Å². The summed E-state index contributed by atoms with van der Waals surface area (Å²) in [7, 11) is 0. The minimum atomic E-state index is 0.379. The molecule has 1 unspecified atom stereocenters. The highest BCUT2D eigenvalue weighted by molar-refractivity contribution is 6.21. The molecule has 1 heteroatoms. The van der Waals surface area contributed by atoms with Gasteiger partial charge in [-0.2, -0.15) is 0 Å². The van der Waals surface area contributed by atoms with E-state index in [4.69, 9.17) is 4.42 Å². The quantitative estimate of drug-likeness (QED) is 0.169. The van der Waals surface area contributed by atoms with Crippen LogP contribution in [0.5, 0.6) is 0 Å². The van der Waals surface area contributed by atoms with Gasteiger partial charge in [0.2, 0.25) is 0 Å². The molecule has 0 spiro atoms. The second kappa shape index (κ2) is 12.1. The van der Waals surface area contributed by atoms with Gasteiger partial charge in [-0.25, -0.2) is 0 Å². The van der Waals surface area contributed by atoms with Crippen LogP contribution in [0.3, 0.4) is 0 Å². The fourth-order valence-electron chi connectivity index (χ4n) is 9.22. The van der Waals surface area contributed by atoms with E-state index in [2.05, 4.69) is 176 Å². The molecule has 0 bridgehead atoms. The van der Waals surface area contributed by atoms with Crippen LogP contribution in [0.4, 0.5) is 0 Å². The summed E-state index contributed by atoms with van der Waals surface area (Å²) in [5.74, 6) is 1.48. The van der Waals surface area contributed by atoms with Crippen molar-refractivity contribution in [1.29, 1.82) is 0 Å². The molecule has 0 amide bonds. The van der Waals surface area contributed by atoms with Crippen molar-refractivity contribution in [2.75, 3.05) is 0 Å². The number of benzene rings is 8. The Morgan fingerprint density at radius 1 is 0.472 bits per heavy atom. The third-order valence-electron chi connectivity index (χ3n) is 11.7. The van der Waals surface area contributed by atoms with Gasteiger partial charge in [-0.15, -0.1) is 0 Å². The van der Waals surface area contributed by atoms with E-state index in [0.29, 0.717) is 5.92 Å². The van der Waals surface area contributed by atoms with E-state index in [-0.39, 0.29) is 0 Å². The molecular formula is C52H36O. The van der Waals surface area contributed by atoms with Crippen molar-refractivity contribution in [3.05, 3.63) is 192 Å². The molecule has 2 aliphatic carbocycles. The monoisotopic (exact) mass is 676 g/mol. The predicted octanol–water partition coefficient (Wildman–Crippen LogP) is 14.4. The van der Waals surface area contributed by atoms with Crippen LogP contribution in [0.2, 0.25) is 0 Å². The Balaban J connectivity index is 1.05. The molecule has 0 N–H and O–H groups in total. The SMILES string of the molecule is C1=Cc2c(oc3c(-c4ccc(-c5c6ccccc6c(-c6ccc(C7CC=Cc8ccccc87)cc6)c6ccccc56)cc4)c4ccccc4cc23)CC1. The molecule has 0 saturated heterocycles. The van der Waals surface area contributed by atoms with Crippen LogP contribution in [0, 0.1) is 0 Å². The first kappa shape index (κ1) is 30.2. The van der Waals surface area contributed by atoms with Crippen molar-refractivity contribution in [2.45, 2.75) is 25.2 Å². The number of hydrogen-bond acceptors (Lipinski definition) is 1. The number of fused-ring (bicyclic) bond motifs is 7. The first-order valence-corrected chi connectivity index (χ1v) is 18.8. The molecule has 250 valence electrons. The third-order valence-corrected chi connectivity index (χ3v) is 11.7. The highest BCUT2D eigenvalue weighted by atomic mass is 16.3. The lowest BCUT2D eigenvalue weighted by molar-refractivity contribution is 0.547.